The number of hydrogen-bond acceptors (Lipinski definition) is 3. The average Bonchev–Trinajstić information content (AvgIpc) is 2.63. The fourth-order valence-electron chi connectivity index (χ4n) is 3.34. The van der Waals surface area contributed by atoms with Crippen LogP contribution in [0.5, 0.6) is 0 Å². The second kappa shape index (κ2) is 7.59. The van der Waals surface area contributed by atoms with Crippen LogP contribution in [0.3, 0.4) is 0 Å². The summed E-state index contributed by atoms with van der Waals surface area (Å²) in [5.41, 5.74) is 2.01. The average molecular weight is 315 g/mol. The lowest BCUT2D eigenvalue weighted by atomic mass is 10.1. The van der Waals surface area contributed by atoms with Gasteiger partial charge in [0, 0.05) is 38.3 Å². The van der Waals surface area contributed by atoms with Crippen molar-refractivity contribution in [1.82, 2.24) is 14.7 Å². The van der Waals surface area contributed by atoms with Gasteiger partial charge in [-0.15, -0.1) is 0 Å². The van der Waals surface area contributed by atoms with E-state index in [-0.39, 0.29) is 5.91 Å². The molecule has 2 aliphatic heterocycles. The maximum absolute atomic E-state index is 12.5. The Hall–Kier alpha value is -1.88. The molecule has 0 aliphatic carbocycles. The Morgan fingerprint density at radius 3 is 2.17 bits per heavy atom. The number of carbonyl (C=O) groups is 2. The van der Waals surface area contributed by atoms with Gasteiger partial charge in [0.15, 0.2) is 0 Å². The first kappa shape index (κ1) is 16.0. The van der Waals surface area contributed by atoms with Crippen LogP contribution in [0.15, 0.2) is 24.3 Å². The summed E-state index contributed by atoms with van der Waals surface area (Å²) in [7, 11) is 0. The molecule has 1 aromatic carbocycles. The molecule has 23 heavy (non-hydrogen) atoms. The van der Waals surface area contributed by atoms with Crippen LogP contribution < -0.4 is 0 Å². The van der Waals surface area contributed by atoms with Crippen LogP contribution in [0, 0.1) is 0 Å². The summed E-state index contributed by atoms with van der Waals surface area (Å²) in [5, 5.41) is 0. The zero-order valence-electron chi connectivity index (χ0n) is 13.6. The first-order valence-electron chi connectivity index (χ1n) is 8.56. The van der Waals surface area contributed by atoms with Gasteiger partial charge in [-0.2, -0.15) is 0 Å². The molecular weight excluding hydrogens is 290 g/mol. The number of likely N-dealkylation sites (tertiary alicyclic amines) is 1. The highest BCUT2D eigenvalue weighted by Crippen LogP contribution is 2.15. The molecular formula is C18H25N3O2. The lowest BCUT2D eigenvalue weighted by molar-refractivity contribution is -0.119. The Bertz CT molecular complexity index is 530. The van der Waals surface area contributed by atoms with E-state index in [1.807, 2.05) is 17.0 Å². The SMILES string of the molecule is O=CN1CCN(C(=O)c2ccc(CN3CCCCC3)cc2)CC1. The first-order valence-corrected chi connectivity index (χ1v) is 8.56. The fraction of sp³-hybridized carbons (Fsp3) is 0.556. The number of benzene rings is 1. The van der Waals surface area contributed by atoms with Crippen LogP contribution in [0.2, 0.25) is 0 Å². The topological polar surface area (TPSA) is 43.9 Å². The minimum Gasteiger partial charge on any atom is -0.342 e. The van der Waals surface area contributed by atoms with Crippen LogP contribution in [0.4, 0.5) is 0 Å². The van der Waals surface area contributed by atoms with Crippen LogP contribution in [0.1, 0.15) is 35.2 Å². The van der Waals surface area contributed by atoms with Crippen molar-refractivity contribution in [3.63, 3.8) is 0 Å². The minimum absolute atomic E-state index is 0.0695. The number of rotatable bonds is 4. The molecule has 1 aromatic rings. The summed E-state index contributed by atoms with van der Waals surface area (Å²) in [6.45, 7) is 5.83. The lowest BCUT2D eigenvalue weighted by Crippen LogP contribution is -2.48. The summed E-state index contributed by atoms with van der Waals surface area (Å²) >= 11 is 0. The lowest BCUT2D eigenvalue weighted by Gasteiger charge is -2.32. The third-order valence-corrected chi connectivity index (χ3v) is 4.81. The zero-order chi connectivity index (χ0) is 16.1. The number of nitrogens with zero attached hydrogens (tertiary/aromatic N) is 3. The van der Waals surface area contributed by atoms with Crippen molar-refractivity contribution in [2.24, 2.45) is 0 Å². The zero-order valence-corrected chi connectivity index (χ0v) is 13.6. The van der Waals surface area contributed by atoms with E-state index in [4.69, 9.17) is 0 Å². The molecule has 0 atom stereocenters. The predicted molar refractivity (Wildman–Crippen MR) is 89.1 cm³/mol. The third kappa shape index (κ3) is 4.10. The van der Waals surface area contributed by atoms with Crippen molar-refractivity contribution in [3.8, 4) is 0 Å². The Kier molecular flexibility index (Phi) is 5.28. The van der Waals surface area contributed by atoms with Crippen LogP contribution in [-0.4, -0.2) is 66.3 Å². The van der Waals surface area contributed by atoms with Crippen LogP contribution in [-0.2, 0) is 11.3 Å². The van der Waals surface area contributed by atoms with Crippen molar-refractivity contribution >= 4 is 12.3 Å². The second-order valence-corrected chi connectivity index (χ2v) is 6.47. The highest BCUT2D eigenvalue weighted by molar-refractivity contribution is 5.94. The van der Waals surface area contributed by atoms with Gasteiger partial charge in [0.05, 0.1) is 0 Å². The van der Waals surface area contributed by atoms with E-state index in [1.54, 1.807) is 4.90 Å². The highest BCUT2D eigenvalue weighted by Gasteiger charge is 2.21. The normalized spacial score (nSPS) is 19.7. The van der Waals surface area contributed by atoms with Crippen molar-refractivity contribution in [2.45, 2.75) is 25.8 Å². The maximum atomic E-state index is 12.5. The van der Waals surface area contributed by atoms with Gasteiger partial charge in [-0.1, -0.05) is 18.6 Å². The molecule has 5 nitrogen and oxygen atoms in total. The summed E-state index contributed by atoms with van der Waals surface area (Å²) in [6, 6.07) is 8.02. The number of carbonyl (C=O) groups excluding carboxylic acids is 2. The van der Waals surface area contributed by atoms with Crippen molar-refractivity contribution in [1.29, 1.82) is 0 Å². The molecule has 0 bridgehead atoms. The molecule has 2 heterocycles. The van der Waals surface area contributed by atoms with E-state index in [9.17, 15) is 9.59 Å². The van der Waals surface area contributed by atoms with Crippen LogP contribution >= 0.6 is 0 Å². The summed E-state index contributed by atoms with van der Waals surface area (Å²) in [4.78, 5) is 29.3. The maximum Gasteiger partial charge on any atom is 0.253 e. The Morgan fingerprint density at radius 2 is 1.57 bits per heavy atom. The quantitative estimate of drug-likeness (QED) is 0.793. The monoisotopic (exact) mass is 315 g/mol. The summed E-state index contributed by atoms with van der Waals surface area (Å²) in [6.07, 6.45) is 4.80. The molecule has 0 aromatic heterocycles. The standard InChI is InChI=1S/C18H25N3O2/c22-15-20-10-12-21(13-11-20)18(23)17-6-4-16(5-7-17)14-19-8-2-1-3-9-19/h4-7,15H,1-3,8-14H2. The van der Waals surface area contributed by atoms with Gasteiger partial charge in [-0.3, -0.25) is 14.5 Å². The van der Waals surface area contributed by atoms with E-state index in [0.717, 1.165) is 18.5 Å². The minimum atomic E-state index is 0.0695. The Morgan fingerprint density at radius 1 is 0.913 bits per heavy atom. The van der Waals surface area contributed by atoms with Gasteiger partial charge in [-0.05, 0) is 43.6 Å². The Balaban J connectivity index is 1.56. The molecule has 2 amide bonds. The van der Waals surface area contributed by atoms with Gasteiger partial charge in [0.2, 0.25) is 6.41 Å². The van der Waals surface area contributed by atoms with E-state index in [2.05, 4.69) is 17.0 Å². The van der Waals surface area contributed by atoms with Gasteiger partial charge < -0.3 is 9.80 Å². The molecule has 2 saturated heterocycles. The fourth-order valence-corrected chi connectivity index (χ4v) is 3.34. The van der Waals surface area contributed by atoms with E-state index in [0.29, 0.717) is 26.2 Å². The molecule has 0 unspecified atom stereocenters. The molecule has 3 rings (SSSR count). The van der Waals surface area contributed by atoms with Gasteiger partial charge in [0.1, 0.15) is 0 Å². The first-order chi connectivity index (χ1) is 11.3. The number of amides is 2. The molecule has 5 heteroatoms. The van der Waals surface area contributed by atoms with Gasteiger partial charge in [0.25, 0.3) is 5.91 Å². The van der Waals surface area contributed by atoms with Crippen molar-refractivity contribution in [2.75, 3.05) is 39.3 Å². The third-order valence-electron chi connectivity index (χ3n) is 4.81. The molecule has 0 saturated carbocycles. The molecule has 124 valence electrons. The summed E-state index contributed by atoms with van der Waals surface area (Å²) < 4.78 is 0. The van der Waals surface area contributed by atoms with Crippen molar-refractivity contribution < 1.29 is 9.59 Å². The van der Waals surface area contributed by atoms with E-state index < -0.39 is 0 Å². The molecule has 0 N–H and O–H groups in total. The van der Waals surface area contributed by atoms with Crippen molar-refractivity contribution in [3.05, 3.63) is 35.4 Å². The predicted octanol–water partition coefficient (Wildman–Crippen LogP) is 1.59. The number of hydrogen-bond donors (Lipinski definition) is 0. The molecule has 0 radical (unpaired) electrons. The number of piperidine rings is 1. The second-order valence-electron chi connectivity index (χ2n) is 6.47. The van der Waals surface area contributed by atoms with E-state index >= 15 is 0 Å². The van der Waals surface area contributed by atoms with Crippen LogP contribution in [0.25, 0.3) is 0 Å². The van der Waals surface area contributed by atoms with Gasteiger partial charge in [-0.25, -0.2) is 0 Å². The van der Waals surface area contributed by atoms with Gasteiger partial charge >= 0.3 is 0 Å². The molecule has 2 aliphatic rings. The summed E-state index contributed by atoms with van der Waals surface area (Å²) in [5.74, 6) is 0.0695. The highest BCUT2D eigenvalue weighted by atomic mass is 16.2. The molecule has 2 fully saturated rings. The largest absolute Gasteiger partial charge is 0.342 e. The number of piperazine rings is 1. The molecule has 0 spiro atoms. The Labute approximate surface area is 137 Å². The smallest absolute Gasteiger partial charge is 0.253 e. The van der Waals surface area contributed by atoms with E-state index in [1.165, 1.54) is 37.9 Å².